The Hall–Kier alpha value is -17.3. The number of nitrogens with one attached hydrogen (secondary N) is 3. The molecule has 0 aliphatic heterocycles. The molecule has 0 amide bonds. The number of azide groups is 4. The van der Waals surface area contributed by atoms with Crippen LogP contribution in [0.5, 0.6) is 0 Å². The molecular weight excluding hydrogens is 1930 g/mol. The Morgan fingerprint density at radius 2 is 0.368 bits per heavy atom. The van der Waals surface area contributed by atoms with Crippen LogP contribution in [0.25, 0.3) is 79.2 Å². The summed E-state index contributed by atoms with van der Waals surface area (Å²) >= 11 is 0. The van der Waals surface area contributed by atoms with Crippen LogP contribution in [-0.2, 0) is 52.7 Å². The number of nitrogens with zero attached hydrogens (tertiary/aromatic N) is 18. The van der Waals surface area contributed by atoms with Gasteiger partial charge in [-0.05, 0) is 135 Å². The number of carbonyl (C=O) groups is 11. The number of carbonyl (C=O) groups excluding carboxylic acids is 11. The topological polar surface area (TPSA) is 2020 Å². The predicted molar refractivity (Wildman–Crippen MR) is 629 cm³/mol. The third kappa shape index (κ3) is 999. The molecule has 76 nitrogen and oxygen atoms in total. The van der Waals surface area contributed by atoms with Gasteiger partial charge in [-0.15, -0.1) is 35.9 Å². The number of benzene rings is 7. The van der Waals surface area contributed by atoms with E-state index in [1.54, 1.807) is 20.8 Å². The highest BCUT2D eigenvalue weighted by Gasteiger charge is 1.80. The molecule has 0 aromatic heterocycles. The molecule has 7 aromatic carbocycles. The Morgan fingerprint density at radius 3 is 0.431 bits per heavy atom. The van der Waals surface area contributed by atoms with Crippen molar-refractivity contribution in [1.29, 1.82) is 16.6 Å². The smallest absolute Gasteiger partial charge is 0.106 e. The van der Waals surface area contributed by atoms with Crippen molar-refractivity contribution in [2.75, 3.05) is 52.4 Å². The van der Waals surface area contributed by atoms with E-state index < -0.39 is 0 Å². The number of anilines is 3. The summed E-state index contributed by atoms with van der Waals surface area (Å²) in [6.45, 7) is 29.8. The van der Waals surface area contributed by atoms with Crippen LogP contribution in [0.4, 0.5) is 17.1 Å². The minimum Gasteiger partial charge on any atom is -0.412 e. The molecule has 0 saturated carbocycles. The molecule has 144 heavy (non-hydrogen) atoms. The van der Waals surface area contributed by atoms with Gasteiger partial charge in [0.15, 0.2) is 0 Å². The van der Waals surface area contributed by atoms with E-state index in [4.69, 9.17) is 125 Å². The summed E-state index contributed by atoms with van der Waals surface area (Å²) in [5, 5.41) is 11.4. The molecule has 119 N–H and O–H groups in total. The second-order valence-corrected chi connectivity index (χ2v) is 11.8. The second kappa shape index (κ2) is 791. The van der Waals surface area contributed by atoms with E-state index in [0.29, 0.717) is 0 Å². The first-order valence-electron chi connectivity index (χ1n) is 25.4. The molecule has 0 fully saturated rings. The Bertz CT molecular complexity index is 2750. The lowest BCUT2D eigenvalue weighted by Gasteiger charge is -1.90. The van der Waals surface area contributed by atoms with Gasteiger partial charge in [-0.2, -0.15) is 0 Å². The van der Waals surface area contributed by atoms with Gasteiger partial charge in [0.25, 0.3) is 0 Å². The van der Waals surface area contributed by atoms with Gasteiger partial charge < -0.3 is 314 Å². The summed E-state index contributed by atoms with van der Waals surface area (Å²) in [6.07, 6.45) is 14.3. The normalized spacial score (nSPS) is 3.96. The van der Waals surface area contributed by atoms with Crippen LogP contribution < -0.4 is 201 Å². The highest BCUT2D eigenvalue weighted by molar-refractivity contribution is 5.45. The lowest BCUT2D eigenvalue weighted by molar-refractivity contribution is -0.0987. The largest absolute Gasteiger partial charge is 0.412 e. The number of hydrogen-bond donors (Lipinski definition) is 36. The number of terminal acetylenes is 2. The minimum atomic E-state index is 0. The average Bonchev–Trinajstić information content (AvgIpc) is 0.956. The highest BCUT2D eigenvalue weighted by atomic mass is 16.1. The molecule has 0 unspecified atom stereocenters. The molecule has 0 heterocycles. The van der Waals surface area contributed by atoms with Crippen LogP contribution in [-0.4, -0.2) is 170 Å². The molecule has 0 aliphatic carbocycles. The highest BCUT2D eigenvalue weighted by Crippen LogP contribution is 2.02. The van der Waals surface area contributed by atoms with E-state index in [1.165, 1.54) is 51.9 Å². The summed E-state index contributed by atoms with van der Waals surface area (Å²) in [4.78, 5) is 103. The SMILES string of the molecule is C.C.C#C.C#CN=[N+]=[N-].C=Cc1ccccc1.C=O.C=O.C=O.C=O.C=O.C=O.C=O.C=O.C=O.C=O.C=O.CN.CN.CN=[N+]=[N-].CN=[N+]=[N-].CN=[N+]=[N-].Cc1ccc(N)cc1.Cc1ccccc1.N.N.N.N.N.N.N.N.N.N.N.N.N.N.N.N.N.N.N.N.N.N.N.N.N.N.N.N.Nc1ccccc1.Nc1ccccc1.O.O.O.O.O.O.O.O.O.O.O.[HH].[HH].[HH].[HH].[HH].[HH].[HH].[HH].[N-]=[N+]=N.[N-]=[N+]=N.[N-]=[N+]=N.c1ccccc1.c1ccccc1. The maximum absolute atomic E-state index is 8.00. The van der Waals surface area contributed by atoms with Crippen LogP contribution in [0.2, 0.25) is 0 Å². The van der Waals surface area contributed by atoms with Crippen molar-refractivity contribution in [2.45, 2.75) is 28.7 Å². The lowest BCUT2D eigenvalue weighted by atomic mass is 10.2. The second-order valence-electron chi connectivity index (χ2n) is 11.8. The van der Waals surface area contributed by atoms with E-state index in [9.17, 15) is 0 Å². The molecule has 0 atom stereocenters. The summed E-state index contributed by atoms with van der Waals surface area (Å²) in [5.41, 5.74) is 97.5. The van der Waals surface area contributed by atoms with E-state index >= 15 is 0 Å². The number of aryl methyl sites for hydroxylation is 2. The Labute approximate surface area is 861 Å². The van der Waals surface area contributed by atoms with Gasteiger partial charge in [-0.25, -0.2) is 0 Å². The Kier molecular flexibility index (Phi) is 2630. The van der Waals surface area contributed by atoms with E-state index in [0.717, 1.165) is 17.1 Å². The monoisotopic (exact) mass is 2150 g/mol. The fraction of sp³-hybridized carbons (Fsp3) is 0.132. The fourth-order valence-corrected chi connectivity index (χ4v) is 3.39. The number of nitrogens with two attached hydrogens (primary N) is 5. The number of hydrogen-bond acceptors (Lipinski definition) is 51. The molecule has 76 heteroatoms. The van der Waals surface area contributed by atoms with Gasteiger partial charge >= 0.3 is 0 Å². The summed E-state index contributed by atoms with van der Waals surface area (Å²) in [6, 6.07) is 72.8. The van der Waals surface area contributed by atoms with Gasteiger partial charge in [-0.3, -0.25) is 0 Å². The first-order chi connectivity index (χ1) is 50.3. The predicted octanol–water partition coefficient (Wildman–Crippen LogP) is 14.2. The van der Waals surface area contributed by atoms with Crippen molar-refractivity contribution in [3.63, 3.8) is 0 Å². The van der Waals surface area contributed by atoms with Crippen molar-refractivity contribution < 1.29 is 124 Å². The van der Waals surface area contributed by atoms with Crippen LogP contribution in [0, 0.1) is 55.8 Å². The Balaban J connectivity index is -0.00000000675. The van der Waals surface area contributed by atoms with Crippen molar-refractivity contribution in [3.8, 4) is 25.3 Å². The summed E-state index contributed by atoms with van der Waals surface area (Å²) < 4.78 is 0. The quantitative estimate of drug-likeness (QED) is 0.0239. The van der Waals surface area contributed by atoms with E-state index in [-0.39, 0.29) is 259 Å². The number of para-hydroxylation sites is 2. The third-order valence-electron chi connectivity index (χ3n) is 6.36. The molecule has 0 bridgehead atoms. The van der Waals surface area contributed by atoms with Gasteiger partial charge in [0.2, 0.25) is 0 Å². The number of rotatable bonds is 1. The molecule has 7 aromatic rings. The van der Waals surface area contributed by atoms with Gasteiger partial charge in [0.05, 0.1) is 0 Å². The first kappa shape index (κ1) is 478. The van der Waals surface area contributed by atoms with E-state index in [1.807, 2.05) is 294 Å². The zero-order valence-electron chi connectivity index (χ0n) is 84.3. The van der Waals surface area contributed by atoms with Crippen molar-refractivity contribution in [2.24, 2.45) is 31.9 Å². The maximum atomic E-state index is 8.00. The van der Waals surface area contributed by atoms with Crippen molar-refractivity contribution in [1.82, 2.24) is 172 Å². The molecule has 0 aliphatic rings. The first-order valence-corrected chi connectivity index (χ1v) is 25.4. The van der Waals surface area contributed by atoms with E-state index in [2.05, 4.69) is 96.5 Å². The summed E-state index contributed by atoms with van der Waals surface area (Å²) in [5.74, 6) is 0. The molecule has 0 saturated heterocycles. The average molecular weight is 2150 g/mol. The number of nitrogen functional groups attached to an aromatic ring is 3. The summed E-state index contributed by atoms with van der Waals surface area (Å²) in [7, 11) is 7.17. The molecule has 0 spiro atoms. The zero-order valence-corrected chi connectivity index (χ0v) is 84.3. The minimum absolute atomic E-state index is 0. The maximum Gasteiger partial charge on any atom is 0.106 e. The molecule has 0 radical (unpaired) electrons. The van der Waals surface area contributed by atoms with Crippen LogP contribution in [0.1, 0.15) is 43.0 Å². The molecule has 902 valence electrons. The van der Waals surface area contributed by atoms with Gasteiger partial charge in [-0.1, -0.05) is 236 Å². The van der Waals surface area contributed by atoms with Gasteiger partial charge in [0, 0.05) is 69.3 Å². The Morgan fingerprint density at radius 1 is 0.264 bits per heavy atom. The lowest BCUT2D eigenvalue weighted by Crippen LogP contribution is -1.81. The molecule has 7 rings (SSSR count). The third-order valence-corrected chi connectivity index (χ3v) is 6.36. The fourth-order valence-electron chi connectivity index (χ4n) is 3.39. The van der Waals surface area contributed by atoms with Gasteiger partial charge in [0.1, 0.15) is 74.7 Å². The zero-order chi connectivity index (χ0) is 86.1. The van der Waals surface area contributed by atoms with Crippen molar-refractivity contribution >= 4 is 97.8 Å². The molecular formula is C68H228N54O22. The standard InChI is InChI=1S/C8H8.C7H9N.C7H8.2C6H7N.2C6H6.C2HN3.C2H2.3CH3N3.2CH5N.11CH2O.2CH4.3HN3.28H3N.11H2O.8H2/c1-2-8-6-4-3-5-7-8;1-6-2-4-7(8)5-3-6;1-7-5-3-2-4-6-7;2*7-6-4-2-1-3-5-6;2*1-2-4-6-5-3-1;1-2-4-5-3;1-2;3*1-3-4-2;13*1-2;;;3*1-3-2;;;;;;;;;;;;;;;;;;;;;;;;;;;;;;;;;;;;;;;;;;;;;;;/h2-7H,1H2;2-5H,8H2,1H3;2-6H,1H3;2*1-5H,7H2;2*1-6H;1H;1-2H;3*1H3;2*2H2,1H3;11*1H2;2*1H4;3*1H;28*1H3;11*1H2;8*1H. The van der Waals surface area contributed by atoms with Crippen LogP contribution in [0.15, 0.2) is 245 Å². The van der Waals surface area contributed by atoms with Crippen LogP contribution in [0.3, 0.4) is 0 Å². The van der Waals surface area contributed by atoms with Crippen molar-refractivity contribution in [3.05, 3.63) is 315 Å². The van der Waals surface area contributed by atoms with Crippen LogP contribution >= 0.6 is 0 Å².